The lowest BCUT2D eigenvalue weighted by Gasteiger charge is -2.20. The molecule has 1 saturated heterocycles. The second kappa shape index (κ2) is 7.16. The summed E-state index contributed by atoms with van der Waals surface area (Å²) >= 11 is 0. The van der Waals surface area contributed by atoms with E-state index in [0.717, 1.165) is 65.9 Å². The molecule has 1 fully saturated rings. The van der Waals surface area contributed by atoms with Crippen molar-refractivity contribution in [1.29, 1.82) is 0 Å². The van der Waals surface area contributed by atoms with Crippen molar-refractivity contribution in [2.45, 2.75) is 26.2 Å². The molecule has 1 aromatic carbocycles. The molecule has 0 atom stereocenters. The smallest absolute Gasteiger partial charge is 0.259 e. The number of piperidine rings is 1. The highest BCUT2D eigenvalue weighted by molar-refractivity contribution is 5.92. The van der Waals surface area contributed by atoms with E-state index in [1.54, 1.807) is 6.20 Å². The lowest BCUT2D eigenvalue weighted by atomic mass is 9.94. The van der Waals surface area contributed by atoms with Gasteiger partial charge in [-0.15, -0.1) is 0 Å². The molecule has 7 nitrogen and oxygen atoms in total. The summed E-state index contributed by atoms with van der Waals surface area (Å²) in [7, 11) is 0. The first kappa shape index (κ1) is 17.1. The Kier molecular flexibility index (Phi) is 4.37. The molecule has 28 heavy (non-hydrogen) atoms. The van der Waals surface area contributed by atoms with E-state index in [2.05, 4.69) is 38.6 Å². The Morgan fingerprint density at radius 2 is 1.96 bits per heavy atom. The number of hydrogen-bond donors (Lipinski definition) is 1. The summed E-state index contributed by atoms with van der Waals surface area (Å²) in [6.07, 6.45) is 4.84. The van der Waals surface area contributed by atoms with E-state index in [0.29, 0.717) is 17.5 Å². The van der Waals surface area contributed by atoms with Gasteiger partial charge in [-0.3, -0.25) is 0 Å². The van der Waals surface area contributed by atoms with Gasteiger partial charge in [-0.05, 0) is 50.4 Å². The van der Waals surface area contributed by atoms with Crippen LogP contribution in [-0.2, 0) is 6.42 Å². The molecule has 0 saturated carbocycles. The molecular formula is C21H21N5O2. The Hall–Kier alpha value is -3.06. The molecule has 4 heterocycles. The van der Waals surface area contributed by atoms with Crippen molar-refractivity contribution in [3.05, 3.63) is 47.9 Å². The van der Waals surface area contributed by atoms with Crippen LogP contribution in [0.3, 0.4) is 0 Å². The number of fused-ring (bicyclic) bond motifs is 1. The summed E-state index contributed by atoms with van der Waals surface area (Å²) in [6.45, 7) is 4.18. The van der Waals surface area contributed by atoms with Crippen LogP contribution in [0.1, 0.15) is 24.2 Å². The highest BCUT2D eigenvalue weighted by atomic mass is 16.5. The van der Waals surface area contributed by atoms with Crippen molar-refractivity contribution in [3.63, 3.8) is 0 Å². The lowest BCUT2D eigenvalue weighted by Crippen LogP contribution is -2.28. The zero-order valence-corrected chi connectivity index (χ0v) is 15.7. The standard InChI is InChI=1S/C21H21N5O2/c1-13-4-2-3-5-16(13)19-17-11-15(12-23-21(17)28-26-19)20-24-18(25-27-20)10-14-6-8-22-9-7-14/h2-5,11-12,14,22H,6-10H2,1H3. The van der Waals surface area contributed by atoms with Gasteiger partial charge in [0.2, 0.25) is 0 Å². The molecule has 142 valence electrons. The van der Waals surface area contributed by atoms with Crippen LogP contribution in [0.4, 0.5) is 0 Å². The molecule has 7 heteroatoms. The minimum absolute atomic E-state index is 0.482. The van der Waals surface area contributed by atoms with Gasteiger partial charge < -0.3 is 14.4 Å². The number of nitrogens with one attached hydrogen (secondary N) is 1. The second-order valence-corrected chi connectivity index (χ2v) is 7.34. The predicted molar refractivity (Wildman–Crippen MR) is 105 cm³/mol. The van der Waals surface area contributed by atoms with Gasteiger partial charge in [0.1, 0.15) is 5.69 Å². The van der Waals surface area contributed by atoms with Gasteiger partial charge in [0.25, 0.3) is 11.6 Å². The third kappa shape index (κ3) is 3.18. The third-order valence-electron chi connectivity index (χ3n) is 5.37. The minimum atomic E-state index is 0.482. The van der Waals surface area contributed by atoms with Gasteiger partial charge in [0.15, 0.2) is 5.82 Å². The van der Waals surface area contributed by atoms with Gasteiger partial charge in [0, 0.05) is 18.2 Å². The van der Waals surface area contributed by atoms with Crippen LogP contribution in [0.5, 0.6) is 0 Å². The van der Waals surface area contributed by atoms with Crippen molar-refractivity contribution >= 4 is 11.1 Å². The van der Waals surface area contributed by atoms with E-state index in [-0.39, 0.29) is 0 Å². The van der Waals surface area contributed by atoms with Crippen molar-refractivity contribution in [1.82, 2.24) is 25.6 Å². The maximum atomic E-state index is 5.52. The average molecular weight is 375 g/mol. The number of nitrogens with zero attached hydrogens (tertiary/aromatic N) is 4. The molecule has 0 bridgehead atoms. The van der Waals surface area contributed by atoms with Crippen LogP contribution >= 0.6 is 0 Å². The van der Waals surface area contributed by atoms with E-state index in [9.17, 15) is 0 Å². The molecule has 0 amide bonds. The number of benzene rings is 1. The zero-order chi connectivity index (χ0) is 18.9. The molecule has 0 spiro atoms. The van der Waals surface area contributed by atoms with Gasteiger partial charge in [-0.25, -0.2) is 4.98 Å². The Morgan fingerprint density at radius 3 is 2.82 bits per heavy atom. The molecule has 1 N–H and O–H groups in total. The van der Waals surface area contributed by atoms with Crippen LogP contribution in [0.15, 0.2) is 45.6 Å². The molecule has 0 radical (unpaired) electrons. The Balaban J connectivity index is 1.47. The maximum Gasteiger partial charge on any atom is 0.259 e. The predicted octanol–water partition coefficient (Wildman–Crippen LogP) is 3.79. The van der Waals surface area contributed by atoms with Crippen molar-refractivity contribution < 1.29 is 9.05 Å². The number of rotatable bonds is 4. The summed E-state index contributed by atoms with van der Waals surface area (Å²) in [6, 6.07) is 10.0. The van der Waals surface area contributed by atoms with Crippen molar-refractivity contribution in [2.75, 3.05) is 13.1 Å². The number of aryl methyl sites for hydroxylation is 1. The fraction of sp³-hybridized carbons (Fsp3) is 0.333. The molecular weight excluding hydrogens is 354 g/mol. The summed E-state index contributed by atoms with van der Waals surface area (Å²) in [5.74, 6) is 1.85. The normalized spacial score (nSPS) is 15.3. The molecule has 3 aromatic heterocycles. The summed E-state index contributed by atoms with van der Waals surface area (Å²) in [5, 5.41) is 12.6. The zero-order valence-electron chi connectivity index (χ0n) is 15.7. The van der Waals surface area contributed by atoms with Crippen LogP contribution < -0.4 is 5.32 Å². The van der Waals surface area contributed by atoms with Crippen LogP contribution in [0.25, 0.3) is 33.8 Å². The van der Waals surface area contributed by atoms with E-state index in [1.807, 2.05) is 24.3 Å². The minimum Gasteiger partial charge on any atom is -0.335 e. The van der Waals surface area contributed by atoms with Gasteiger partial charge >= 0.3 is 0 Å². The summed E-state index contributed by atoms with van der Waals surface area (Å²) < 4.78 is 10.9. The summed E-state index contributed by atoms with van der Waals surface area (Å²) in [5.41, 5.74) is 4.20. The van der Waals surface area contributed by atoms with E-state index < -0.39 is 0 Å². The number of aromatic nitrogens is 4. The Labute approximate surface area is 162 Å². The molecule has 0 unspecified atom stereocenters. The van der Waals surface area contributed by atoms with Gasteiger partial charge in [-0.1, -0.05) is 34.6 Å². The largest absolute Gasteiger partial charge is 0.335 e. The maximum absolute atomic E-state index is 5.52. The molecule has 4 aromatic rings. The lowest BCUT2D eigenvalue weighted by molar-refractivity contribution is 0.356. The van der Waals surface area contributed by atoms with E-state index in [4.69, 9.17) is 9.05 Å². The fourth-order valence-electron chi connectivity index (χ4n) is 3.78. The van der Waals surface area contributed by atoms with E-state index in [1.165, 1.54) is 0 Å². The van der Waals surface area contributed by atoms with Crippen LogP contribution in [-0.4, -0.2) is 33.4 Å². The average Bonchev–Trinajstić information content (AvgIpc) is 3.36. The first-order valence-corrected chi connectivity index (χ1v) is 9.63. The fourth-order valence-corrected chi connectivity index (χ4v) is 3.78. The van der Waals surface area contributed by atoms with Crippen molar-refractivity contribution in [3.8, 4) is 22.7 Å². The molecule has 0 aliphatic carbocycles. The monoisotopic (exact) mass is 375 g/mol. The van der Waals surface area contributed by atoms with Crippen LogP contribution in [0, 0.1) is 12.8 Å². The second-order valence-electron chi connectivity index (χ2n) is 7.34. The van der Waals surface area contributed by atoms with E-state index >= 15 is 0 Å². The quantitative estimate of drug-likeness (QED) is 0.580. The molecule has 1 aliphatic rings. The Morgan fingerprint density at radius 1 is 1.11 bits per heavy atom. The SMILES string of the molecule is Cc1ccccc1-c1noc2ncc(-c3nc(CC4CCNCC4)no3)cc12. The van der Waals surface area contributed by atoms with Gasteiger partial charge in [0.05, 0.1) is 10.9 Å². The highest BCUT2D eigenvalue weighted by Crippen LogP contribution is 2.31. The van der Waals surface area contributed by atoms with Gasteiger partial charge in [-0.2, -0.15) is 4.98 Å². The van der Waals surface area contributed by atoms with Crippen molar-refractivity contribution in [2.24, 2.45) is 5.92 Å². The highest BCUT2D eigenvalue weighted by Gasteiger charge is 2.19. The topological polar surface area (TPSA) is 89.9 Å². The first-order chi connectivity index (χ1) is 13.8. The summed E-state index contributed by atoms with van der Waals surface area (Å²) in [4.78, 5) is 8.99. The van der Waals surface area contributed by atoms with Crippen LogP contribution in [0.2, 0.25) is 0 Å². The molecule has 1 aliphatic heterocycles. The molecule has 5 rings (SSSR count). The third-order valence-corrected chi connectivity index (χ3v) is 5.37. The first-order valence-electron chi connectivity index (χ1n) is 9.63. The Bertz CT molecular complexity index is 1110. The number of hydrogen-bond acceptors (Lipinski definition) is 7. The number of pyridine rings is 1.